The lowest BCUT2D eigenvalue weighted by molar-refractivity contribution is 0.0601. The standard InChI is InChI=1S/C13H12O4S2/c1-17-13(14)12-7-10(19(2,15)16)3-4-11(12)9-5-6-18-8-9/h3-8H,1-2H3. The summed E-state index contributed by atoms with van der Waals surface area (Å²) in [7, 11) is -2.09. The van der Waals surface area contributed by atoms with Crippen molar-refractivity contribution in [3.8, 4) is 11.1 Å². The fraction of sp³-hybridized carbons (Fsp3) is 0.154. The molecule has 0 aliphatic heterocycles. The highest BCUT2D eigenvalue weighted by atomic mass is 32.2. The molecule has 0 aliphatic rings. The van der Waals surface area contributed by atoms with Crippen molar-refractivity contribution in [3.63, 3.8) is 0 Å². The van der Waals surface area contributed by atoms with Gasteiger partial charge in [0.25, 0.3) is 0 Å². The molecule has 2 aromatic rings. The molecule has 1 aromatic heterocycles. The largest absolute Gasteiger partial charge is 0.465 e. The van der Waals surface area contributed by atoms with Gasteiger partial charge in [0, 0.05) is 6.26 Å². The van der Waals surface area contributed by atoms with E-state index >= 15 is 0 Å². The van der Waals surface area contributed by atoms with Crippen LogP contribution >= 0.6 is 11.3 Å². The third-order valence-electron chi connectivity index (χ3n) is 2.66. The molecular formula is C13H12O4S2. The summed E-state index contributed by atoms with van der Waals surface area (Å²) in [4.78, 5) is 11.9. The number of hydrogen-bond donors (Lipinski definition) is 0. The number of carbonyl (C=O) groups excluding carboxylic acids is 1. The maximum Gasteiger partial charge on any atom is 0.338 e. The highest BCUT2D eigenvalue weighted by molar-refractivity contribution is 7.90. The van der Waals surface area contributed by atoms with E-state index in [1.807, 2.05) is 16.8 Å². The molecule has 1 aromatic carbocycles. The van der Waals surface area contributed by atoms with E-state index in [0.29, 0.717) is 5.56 Å². The van der Waals surface area contributed by atoms with E-state index in [4.69, 9.17) is 4.74 Å². The molecular weight excluding hydrogens is 284 g/mol. The molecule has 0 atom stereocenters. The van der Waals surface area contributed by atoms with Crippen LogP contribution in [0, 0.1) is 0 Å². The van der Waals surface area contributed by atoms with E-state index in [1.54, 1.807) is 6.07 Å². The molecule has 0 N–H and O–H groups in total. The molecule has 0 bridgehead atoms. The quantitative estimate of drug-likeness (QED) is 0.817. The molecule has 0 aliphatic carbocycles. The smallest absolute Gasteiger partial charge is 0.338 e. The molecule has 19 heavy (non-hydrogen) atoms. The van der Waals surface area contributed by atoms with Crippen molar-refractivity contribution in [1.29, 1.82) is 0 Å². The van der Waals surface area contributed by atoms with Crippen molar-refractivity contribution in [1.82, 2.24) is 0 Å². The van der Waals surface area contributed by atoms with Gasteiger partial charge in [-0.2, -0.15) is 11.3 Å². The van der Waals surface area contributed by atoms with Crippen LogP contribution in [0.5, 0.6) is 0 Å². The number of thiophene rings is 1. The molecule has 0 spiro atoms. The maximum atomic E-state index is 11.8. The van der Waals surface area contributed by atoms with E-state index in [-0.39, 0.29) is 10.5 Å². The Bertz CT molecular complexity index is 700. The topological polar surface area (TPSA) is 60.4 Å². The Kier molecular flexibility index (Phi) is 3.73. The first kappa shape index (κ1) is 13.8. The number of sulfone groups is 1. The van der Waals surface area contributed by atoms with Crippen molar-refractivity contribution < 1.29 is 17.9 Å². The highest BCUT2D eigenvalue weighted by Crippen LogP contribution is 2.28. The normalized spacial score (nSPS) is 11.3. The van der Waals surface area contributed by atoms with Crippen LogP contribution in [0.4, 0.5) is 0 Å². The monoisotopic (exact) mass is 296 g/mol. The lowest BCUT2D eigenvalue weighted by atomic mass is 10.0. The zero-order valence-electron chi connectivity index (χ0n) is 10.4. The number of carbonyl (C=O) groups is 1. The Morgan fingerprint density at radius 2 is 2.00 bits per heavy atom. The summed E-state index contributed by atoms with van der Waals surface area (Å²) in [5.74, 6) is -0.549. The van der Waals surface area contributed by atoms with Crippen molar-refractivity contribution >= 4 is 27.1 Å². The van der Waals surface area contributed by atoms with Gasteiger partial charge in [-0.25, -0.2) is 13.2 Å². The zero-order chi connectivity index (χ0) is 14.0. The second kappa shape index (κ2) is 5.14. The second-order valence-electron chi connectivity index (χ2n) is 3.98. The Morgan fingerprint density at radius 1 is 1.26 bits per heavy atom. The lowest BCUT2D eigenvalue weighted by Crippen LogP contribution is -2.06. The third-order valence-corrected chi connectivity index (χ3v) is 4.45. The van der Waals surface area contributed by atoms with Gasteiger partial charge in [0.05, 0.1) is 17.6 Å². The molecule has 0 unspecified atom stereocenters. The van der Waals surface area contributed by atoms with Crippen LogP contribution in [-0.4, -0.2) is 27.8 Å². The van der Waals surface area contributed by atoms with Crippen LogP contribution in [-0.2, 0) is 14.6 Å². The van der Waals surface area contributed by atoms with E-state index in [0.717, 1.165) is 11.8 Å². The number of hydrogen-bond acceptors (Lipinski definition) is 5. The van der Waals surface area contributed by atoms with Gasteiger partial charge in [0.1, 0.15) is 0 Å². The molecule has 0 saturated heterocycles. The number of benzene rings is 1. The van der Waals surface area contributed by atoms with E-state index in [1.165, 1.54) is 30.6 Å². The minimum Gasteiger partial charge on any atom is -0.465 e. The van der Waals surface area contributed by atoms with Crippen molar-refractivity contribution in [2.24, 2.45) is 0 Å². The van der Waals surface area contributed by atoms with Crippen LogP contribution in [0.1, 0.15) is 10.4 Å². The van der Waals surface area contributed by atoms with Gasteiger partial charge < -0.3 is 4.74 Å². The van der Waals surface area contributed by atoms with Crippen molar-refractivity contribution in [2.45, 2.75) is 4.90 Å². The summed E-state index contributed by atoms with van der Waals surface area (Å²) < 4.78 is 27.8. The van der Waals surface area contributed by atoms with Gasteiger partial charge in [-0.1, -0.05) is 6.07 Å². The predicted octanol–water partition coefficient (Wildman–Crippen LogP) is 2.61. The average molecular weight is 296 g/mol. The first-order chi connectivity index (χ1) is 8.93. The number of esters is 1. The molecule has 0 radical (unpaired) electrons. The fourth-order valence-electron chi connectivity index (χ4n) is 1.70. The molecule has 0 amide bonds. The average Bonchev–Trinajstić information content (AvgIpc) is 2.89. The summed E-state index contributed by atoms with van der Waals surface area (Å²) in [6.45, 7) is 0. The number of ether oxygens (including phenoxy) is 1. The number of rotatable bonds is 3. The van der Waals surface area contributed by atoms with Crippen LogP contribution in [0.2, 0.25) is 0 Å². The first-order valence-electron chi connectivity index (χ1n) is 5.38. The van der Waals surface area contributed by atoms with Crippen LogP contribution < -0.4 is 0 Å². The minimum absolute atomic E-state index is 0.104. The van der Waals surface area contributed by atoms with Crippen LogP contribution in [0.3, 0.4) is 0 Å². The SMILES string of the molecule is COC(=O)c1cc(S(C)(=O)=O)ccc1-c1ccsc1. The fourth-order valence-corrected chi connectivity index (χ4v) is 3.01. The van der Waals surface area contributed by atoms with Gasteiger partial charge in [-0.05, 0) is 40.1 Å². The Morgan fingerprint density at radius 3 is 2.53 bits per heavy atom. The summed E-state index contributed by atoms with van der Waals surface area (Å²) in [6, 6.07) is 6.35. The van der Waals surface area contributed by atoms with Crippen molar-refractivity contribution in [3.05, 3.63) is 40.6 Å². The van der Waals surface area contributed by atoms with E-state index < -0.39 is 15.8 Å². The second-order valence-corrected chi connectivity index (χ2v) is 6.78. The first-order valence-corrected chi connectivity index (χ1v) is 8.22. The molecule has 1 heterocycles. The Hall–Kier alpha value is -1.66. The van der Waals surface area contributed by atoms with Gasteiger partial charge >= 0.3 is 5.97 Å². The lowest BCUT2D eigenvalue weighted by Gasteiger charge is -2.08. The van der Waals surface area contributed by atoms with Gasteiger partial charge in [0.15, 0.2) is 9.84 Å². The Balaban J connectivity index is 2.66. The Labute approximate surface area is 115 Å². The third kappa shape index (κ3) is 2.85. The van der Waals surface area contributed by atoms with Crippen LogP contribution in [0.15, 0.2) is 39.9 Å². The van der Waals surface area contributed by atoms with Gasteiger partial charge in [-0.15, -0.1) is 0 Å². The highest BCUT2D eigenvalue weighted by Gasteiger charge is 2.17. The summed E-state index contributed by atoms with van der Waals surface area (Å²) >= 11 is 1.50. The summed E-state index contributed by atoms with van der Waals surface area (Å²) in [5, 5.41) is 3.78. The van der Waals surface area contributed by atoms with Crippen molar-refractivity contribution in [2.75, 3.05) is 13.4 Å². The summed E-state index contributed by atoms with van der Waals surface area (Å²) in [6.07, 6.45) is 1.10. The molecule has 6 heteroatoms. The molecule has 100 valence electrons. The predicted molar refractivity (Wildman–Crippen MR) is 74.2 cm³/mol. The summed E-state index contributed by atoms with van der Waals surface area (Å²) in [5.41, 5.74) is 1.79. The zero-order valence-corrected chi connectivity index (χ0v) is 12.0. The van der Waals surface area contributed by atoms with Gasteiger partial charge in [0.2, 0.25) is 0 Å². The number of methoxy groups -OCH3 is 1. The van der Waals surface area contributed by atoms with Gasteiger partial charge in [-0.3, -0.25) is 0 Å². The minimum atomic E-state index is -3.36. The van der Waals surface area contributed by atoms with Crippen LogP contribution in [0.25, 0.3) is 11.1 Å². The molecule has 0 fully saturated rings. The molecule has 4 nitrogen and oxygen atoms in total. The van der Waals surface area contributed by atoms with E-state index in [9.17, 15) is 13.2 Å². The van der Waals surface area contributed by atoms with E-state index in [2.05, 4.69) is 0 Å². The maximum absolute atomic E-state index is 11.8. The molecule has 2 rings (SSSR count). The molecule has 0 saturated carbocycles.